The van der Waals surface area contributed by atoms with Gasteiger partial charge in [-0.1, -0.05) is 6.42 Å². The Bertz CT molecular complexity index is 275. The van der Waals surface area contributed by atoms with Gasteiger partial charge >= 0.3 is 5.97 Å². The lowest BCUT2D eigenvalue weighted by molar-refractivity contribution is -0.162. The Hall–Kier alpha value is -1.14. The third kappa shape index (κ3) is 3.41. The largest absolute Gasteiger partial charge is 0.480 e. The quantitative estimate of drug-likeness (QED) is 0.465. The van der Waals surface area contributed by atoms with Crippen molar-refractivity contribution in [2.24, 2.45) is 5.41 Å². The minimum absolute atomic E-state index is 0.331. The van der Waals surface area contributed by atoms with E-state index in [9.17, 15) is 9.59 Å². The molecule has 0 saturated heterocycles. The molecule has 1 fully saturated rings. The van der Waals surface area contributed by atoms with Crippen molar-refractivity contribution in [3.63, 3.8) is 0 Å². The van der Waals surface area contributed by atoms with Gasteiger partial charge < -0.3 is 19.9 Å². The zero-order valence-electron chi connectivity index (χ0n) is 10.0. The molecule has 0 aromatic carbocycles. The first-order valence-electron chi connectivity index (χ1n) is 5.72. The molecule has 1 aliphatic carbocycles. The molecule has 0 spiro atoms. The van der Waals surface area contributed by atoms with E-state index in [1.54, 1.807) is 7.11 Å². The second-order valence-electron chi connectivity index (χ2n) is 4.10. The van der Waals surface area contributed by atoms with Gasteiger partial charge in [0.05, 0.1) is 19.8 Å². The second kappa shape index (κ2) is 6.56. The van der Waals surface area contributed by atoms with Gasteiger partial charge in [0, 0.05) is 13.7 Å². The SMILES string of the molecule is COCCOCCNC(=O)C1(C(=O)O)CCC1. The predicted octanol–water partition coefficient (Wildman–Crippen LogP) is 0.0205. The maximum absolute atomic E-state index is 11.7. The number of ether oxygens (including phenoxy) is 2. The smallest absolute Gasteiger partial charge is 0.319 e. The number of carboxylic acid groups (broad SMARTS) is 1. The summed E-state index contributed by atoms with van der Waals surface area (Å²) in [4.78, 5) is 22.7. The Morgan fingerprint density at radius 1 is 1.29 bits per heavy atom. The number of carbonyl (C=O) groups is 2. The van der Waals surface area contributed by atoms with Gasteiger partial charge in [-0.05, 0) is 12.8 Å². The highest BCUT2D eigenvalue weighted by molar-refractivity contribution is 6.02. The van der Waals surface area contributed by atoms with Crippen molar-refractivity contribution >= 4 is 11.9 Å². The molecule has 0 aromatic heterocycles. The van der Waals surface area contributed by atoms with E-state index in [-0.39, 0.29) is 0 Å². The highest BCUT2D eigenvalue weighted by Crippen LogP contribution is 2.41. The van der Waals surface area contributed by atoms with Crippen molar-refractivity contribution in [1.82, 2.24) is 5.32 Å². The summed E-state index contributed by atoms with van der Waals surface area (Å²) in [6, 6.07) is 0. The number of hydrogen-bond donors (Lipinski definition) is 2. The lowest BCUT2D eigenvalue weighted by Gasteiger charge is -2.35. The standard InChI is InChI=1S/C11H19NO5/c1-16-7-8-17-6-5-12-9(13)11(10(14)15)3-2-4-11/h2-8H2,1H3,(H,12,13)(H,14,15). The maximum atomic E-state index is 11.7. The summed E-state index contributed by atoms with van der Waals surface area (Å²) in [5, 5.41) is 11.6. The third-order valence-corrected chi connectivity index (χ3v) is 3.01. The van der Waals surface area contributed by atoms with Gasteiger partial charge in [-0.2, -0.15) is 0 Å². The molecule has 1 aliphatic rings. The van der Waals surface area contributed by atoms with Crippen molar-refractivity contribution in [2.45, 2.75) is 19.3 Å². The summed E-state index contributed by atoms with van der Waals surface area (Å²) < 4.78 is 9.95. The number of carboxylic acids is 1. The van der Waals surface area contributed by atoms with E-state index >= 15 is 0 Å². The highest BCUT2D eigenvalue weighted by Gasteiger charge is 2.50. The third-order valence-electron chi connectivity index (χ3n) is 3.01. The van der Waals surface area contributed by atoms with Crippen LogP contribution in [0.2, 0.25) is 0 Å². The van der Waals surface area contributed by atoms with Gasteiger partial charge in [0.1, 0.15) is 5.41 Å². The summed E-state index contributed by atoms with van der Waals surface area (Å²) >= 11 is 0. The lowest BCUT2D eigenvalue weighted by atomic mass is 9.68. The van der Waals surface area contributed by atoms with E-state index in [1.807, 2.05) is 0 Å². The molecule has 17 heavy (non-hydrogen) atoms. The first-order chi connectivity index (χ1) is 8.13. The van der Waals surface area contributed by atoms with Crippen LogP contribution in [-0.2, 0) is 19.1 Å². The summed E-state index contributed by atoms with van der Waals surface area (Å²) in [7, 11) is 1.58. The average Bonchev–Trinajstić information content (AvgIpc) is 2.21. The van der Waals surface area contributed by atoms with Crippen LogP contribution in [0.5, 0.6) is 0 Å². The number of amides is 1. The van der Waals surface area contributed by atoms with Gasteiger partial charge in [0.15, 0.2) is 0 Å². The van der Waals surface area contributed by atoms with Crippen LogP contribution in [-0.4, -0.2) is 50.5 Å². The molecule has 98 valence electrons. The molecular weight excluding hydrogens is 226 g/mol. The number of rotatable bonds is 8. The van der Waals surface area contributed by atoms with Crippen LogP contribution in [0.25, 0.3) is 0 Å². The minimum atomic E-state index is -1.19. The fourth-order valence-corrected chi connectivity index (χ4v) is 1.72. The molecule has 6 nitrogen and oxygen atoms in total. The second-order valence-corrected chi connectivity index (χ2v) is 4.10. The Morgan fingerprint density at radius 2 is 2.00 bits per heavy atom. The summed E-state index contributed by atoms with van der Waals surface area (Å²) in [6.45, 7) is 1.67. The van der Waals surface area contributed by atoms with Crippen LogP contribution in [0.1, 0.15) is 19.3 Å². The topological polar surface area (TPSA) is 84.9 Å². The summed E-state index contributed by atoms with van der Waals surface area (Å²) in [6.07, 6.45) is 1.65. The van der Waals surface area contributed by atoms with Gasteiger partial charge in [-0.15, -0.1) is 0 Å². The summed E-state index contributed by atoms with van der Waals surface area (Å²) in [5.41, 5.74) is -1.19. The molecule has 0 aliphatic heterocycles. The predicted molar refractivity (Wildman–Crippen MR) is 59.6 cm³/mol. The first kappa shape index (κ1) is 13.9. The first-order valence-corrected chi connectivity index (χ1v) is 5.72. The van der Waals surface area contributed by atoms with Gasteiger partial charge in [-0.3, -0.25) is 9.59 Å². The van der Waals surface area contributed by atoms with E-state index in [0.717, 1.165) is 6.42 Å². The van der Waals surface area contributed by atoms with E-state index in [0.29, 0.717) is 39.2 Å². The molecule has 1 amide bonds. The monoisotopic (exact) mass is 245 g/mol. The van der Waals surface area contributed by atoms with Crippen molar-refractivity contribution in [1.29, 1.82) is 0 Å². The minimum Gasteiger partial charge on any atom is -0.480 e. The molecule has 0 atom stereocenters. The Kier molecular flexibility index (Phi) is 5.37. The van der Waals surface area contributed by atoms with Crippen LogP contribution in [0.4, 0.5) is 0 Å². The van der Waals surface area contributed by atoms with E-state index in [4.69, 9.17) is 14.6 Å². The molecule has 0 aromatic rings. The summed E-state index contributed by atoms with van der Waals surface area (Å²) in [5.74, 6) is -1.42. The van der Waals surface area contributed by atoms with Crippen molar-refractivity contribution in [3.8, 4) is 0 Å². The molecule has 1 saturated carbocycles. The Balaban J connectivity index is 2.18. The molecule has 0 radical (unpaired) electrons. The zero-order valence-corrected chi connectivity index (χ0v) is 10.0. The maximum Gasteiger partial charge on any atom is 0.319 e. The van der Waals surface area contributed by atoms with Crippen LogP contribution in [0, 0.1) is 5.41 Å². The molecule has 0 bridgehead atoms. The van der Waals surface area contributed by atoms with E-state index in [2.05, 4.69) is 5.32 Å². The average molecular weight is 245 g/mol. The van der Waals surface area contributed by atoms with Gasteiger partial charge in [0.2, 0.25) is 5.91 Å². The number of aliphatic carboxylic acids is 1. The number of hydrogen-bond acceptors (Lipinski definition) is 4. The molecular formula is C11H19NO5. The fraction of sp³-hybridized carbons (Fsp3) is 0.818. The molecule has 0 unspecified atom stereocenters. The molecule has 0 heterocycles. The lowest BCUT2D eigenvalue weighted by Crippen LogP contribution is -2.51. The zero-order chi connectivity index (χ0) is 12.7. The van der Waals surface area contributed by atoms with Gasteiger partial charge in [-0.25, -0.2) is 0 Å². The fourth-order valence-electron chi connectivity index (χ4n) is 1.72. The molecule has 6 heteroatoms. The highest BCUT2D eigenvalue weighted by atomic mass is 16.5. The normalized spacial score (nSPS) is 17.2. The van der Waals surface area contributed by atoms with Gasteiger partial charge in [0.25, 0.3) is 0 Å². The molecule has 1 rings (SSSR count). The number of methoxy groups -OCH3 is 1. The van der Waals surface area contributed by atoms with E-state index < -0.39 is 17.3 Å². The van der Waals surface area contributed by atoms with Crippen LogP contribution >= 0.6 is 0 Å². The number of carbonyl (C=O) groups excluding carboxylic acids is 1. The van der Waals surface area contributed by atoms with Crippen LogP contribution in [0.15, 0.2) is 0 Å². The van der Waals surface area contributed by atoms with Crippen molar-refractivity contribution in [3.05, 3.63) is 0 Å². The Labute approximate surface area is 100 Å². The van der Waals surface area contributed by atoms with Crippen LogP contribution in [0.3, 0.4) is 0 Å². The number of nitrogens with one attached hydrogen (secondary N) is 1. The van der Waals surface area contributed by atoms with Crippen molar-refractivity contribution in [2.75, 3.05) is 33.5 Å². The van der Waals surface area contributed by atoms with Crippen molar-refractivity contribution < 1.29 is 24.2 Å². The van der Waals surface area contributed by atoms with E-state index in [1.165, 1.54) is 0 Å². The Morgan fingerprint density at radius 3 is 2.47 bits per heavy atom. The van der Waals surface area contributed by atoms with Crippen LogP contribution < -0.4 is 5.32 Å². The molecule has 2 N–H and O–H groups in total.